The molecule has 0 aliphatic heterocycles. The highest BCUT2D eigenvalue weighted by Gasteiger charge is 2.17. The van der Waals surface area contributed by atoms with E-state index in [-0.39, 0.29) is 11.3 Å². The van der Waals surface area contributed by atoms with Crippen LogP contribution in [0.3, 0.4) is 0 Å². The number of nitrogens with zero attached hydrogens (tertiary/aromatic N) is 2. The number of benzene rings is 2. The van der Waals surface area contributed by atoms with Crippen LogP contribution in [0.1, 0.15) is 5.56 Å². The third-order valence-corrected chi connectivity index (χ3v) is 2.94. The SMILES string of the molecule is O=[N+]([O-])c1cc(Br)cc(/C=N/c2ccc(O)cc2)c1O. The Labute approximate surface area is 122 Å². The first-order valence-electron chi connectivity index (χ1n) is 5.47. The normalized spacial score (nSPS) is 10.8. The van der Waals surface area contributed by atoms with Gasteiger partial charge in [-0.3, -0.25) is 15.1 Å². The van der Waals surface area contributed by atoms with E-state index in [1.807, 2.05) is 0 Å². The second-order valence-corrected chi connectivity index (χ2v) is 4.81. The van der Waals surface area contributed by atoms with Crippen molar-refractivity contribution < 1.29 is 15.1 Å². The molecule has 7 heteroatoms. The average molecular weight is 337 g/mol. The van der Waals surface area contributed by atoms with Gasteiger partial charge in [-0.1, -0.05) is 15.9 Å². The molecule has 2 N–H and O–H groups in total. The first kappa shape index (κ1) is 14.0. The first-order chi connectivity index (χ1) is 9.47. The van der Waals surface area contributed by atoms with E-state index in [1.165, 1.54) is 30.5 Å². The van der Waals surface area contributed by atoms with Crippen LogP contribution in [0.2, 0.25) is 0 Å². The molecule has 0 aliphatic carbocycles. The highest BCUT2D eigenvalue weighted by atomic mass is 79.9. The van der Waals surface area contributed by atoms with Gasteiger partial charge in [0.15, 0.2) is 0 Å². The Morgan fingerprint density at radius 2 is 1.85 bits per heavy atom. The van der Waals surface area contributed by atoms with Gasteiger partial charge >= 0.3 is 5.69 Å². The zero-order chi connectivity index (χ0) is 14.7. The lowest BCUT2D eigenvalue weighted by atomic mass is 10.2. The van der Waals surface area contributed by atoms with Gasteiger partial charge in [0.1, 0.15) is 5.75 Å². The molecule has 0 unspecified atom stereocenters. The van der Waals surface area contributed by atoms with Crippen LogP contribution in [-0.4, -0.2) is 21.4 Å². The van der Waals surface area contributed by atoms with Crippen LogP contribution >= 0.6 is 15.9 Å². The van der Waals surface area contributed by atoms with Crippen LogP contribution in [0.15, 0.2) is 45.9 Å². The van der Waals surface area contributed by atoms with E-state index in [0.717, 1.165) is 0 Å². The Hall–Kier alpha value is -2.41. The molecule has 0 amide bonds. The summed E-state index contributed by atoms with van der Waals surface area (Å²) in [6.07, 6.45) is 1.32. The van der Waals surface area contributed by atoms with Gasteiger partial charge in [-0.25, -0.2) is 0 Å². The number of aliphatic imine (C=N–C) groups is 1. The van der Waals surface area contributed by atoms with Gasteiger partial charge in [-0.05, 0) is 30.3 Å². The third-order valence-electron chi connectivity index (χ3n) is 2.48. The lowest BCUT2D eigenvalue weighted by Crippen LogP contribution is -1.92. The van der Waals surface area contributed by atoms with E-state index in [2.05, 4.69) is 20.9 Å². The van der Waals surface area contributed by atoms with E-state index in [0.29, 0.717) is 10.2 Å². The topological polar surface area (TPSA) is 96.0 Å². The van der Waals surface area contributed by atoms with Crippen molar-refractivity contribution in [1.82, 2.24) is 0 Å². The van der Waals surface area contributed by atoms with Gasteiger partial charge in [-0.15, -0.1) is 0 Å². The summed E-state index contributed by atoms with van der Waals surface area (Å²) < 4.78 is 0.467. The van der Waals surface area contributed by atoms with Crippen molar-refractivity contribution >= 4 is 33.5 Å². The van der Waals surface area contributed by atoms with Crippen molar-refractivity contribution in [2.45, 2.75) is 0 Å². The van der Waals surface area contributed by atoms with Crippen molar-refractivity contribution in [1.29, 1.82) is 0 Å². The molecule has 0 bridgehead atoms. The number of phenols is 2. The second kappa shape index (κ2) is 5.70. The Morgan fingerprint density at radius 1 is 1.20 bits per heavy atom. The highest BCUT2D eigenvalue weighted by molar-refractivity contribution is 9.10. The van der Waals surface area contributed by atoms with Crippen molar-refractivity contribution in [3.05, 3.63) is 56.5 Å². The summed E-state index contributed by atoms with van der Waals surface area (Å²) in [4.78, 5) is 14.2. The van der Waals surface area contributed by atoms with Gasteiger partial charge in [0.25, 0.3) is 0 Å². The molecular formula is C13H9BrN2O4. The zero-order valence-corrected chi connectivity index (χ0v) is 11.6. The molecule has 0 aliphatic rings. The molecule has 0 radical (unpaired) electrons. The molecule has 102 valence electrons. The number of aromatic hydroxyl groups is 2. The highest BCUT2D eigenvalue weighted by Crippen LogP contribution is 2.32. The molecule has 6 nitrogen and oxygen atoms in total. The summed E-state index contributed by atoms with van der Waals surface area (Å²) in [5, 5.41) is 29.7. The second-order valence-electron chi connectivity index (χ2n) is 3.89. The number of nitro groups is 1. The summed E-state index contributed by atoms with van der Waals surface area (Å²) in [6, 6.07) is 8.83. The molecule has 0 saturated carbocycles. The molecule has 0 atom stereocenters. The fourth-order valence-electron chi connectivity index (χ4n) is 1.53. The maximum Gasteiger partial charge on any atom is 0.312 e. The molecule has 0 saturated heterocycles. The van der Waals surface area contributed by atoms with E-state index >= 15 is 0 Å². The van der Waals surface area contributed by atoms with Gasteiger partial charge < -0.3 is 10.2 Å². The van der Waals surface area contributed by atoms with Crippen LogP contribution in [-0.2, 0) is 0 Å². The number of nitro benzene ring substituents is 1. The van der Waals surface area contributed by atoms with Gasteiger partial charge in [-0.2, -0.15) is 0 Å². The van der Waals surface area contributed by atoms with Gasteiger partial charge in [0.2, 0.25) is 5.75 Å². The van der Waals surface area contributed by atoms with Crippen LogP contribution in [0, 0.1) is 10.1 Å². The predicted octanol–water partition coefficient (Wildman–Crippen LogP) is 3.52. The molecule has 0 heterocycles. The molecule has 0 fully saturated rings. The molecule has 0 aromatic heterocycles. The van der Waals surface area contributed by atoms with E-state index in [9.17, 15) is 15.2 Å². The minimum absolute atomic E-state index is 0.116. The van der Waals surface area contributed by atoms with Crippen molar-refractivity contribution in [2.75, 3.05) is 0 Å². The fraction of sp³-hybridized carbons (Fsp3) is 0. The molecule has 0 spiro atoms. The lowest BCUT2D eigenvalue weighted by molar-refractivity contribution is -0.385. The minimum Gasteiger partial charge on any atom is -0.508 e. The van der Waals surface area contributed by atoms with Crippen molar-refractivity contribution in [3.63, 3.8) is 0 Å². The van der Waals surface area contributed by atoms with E-state index in [4.69, 9.17) is 5.11 Å². The number of halogens is 1. The number of hydrogen-bond donors (Lipinski definition) is 2. The quantitative estimate of drug-likeness (QED) is 0.509. The van der Waals surface area contributed by atoms with Gasteiger partial charge in [0.05, 0.1) is 10.6 Å². The van der Waals surface area contributed by atoms with Crippen LogP contribution in [0.5, 0.6) is 11.5 Å². The number of rotatable bonds is 3. The van der Waals surface area contributed by atoms with Crippen molar-refractivity contribution in [3.8, 4) is 11.5 Å². The standard InChI is InChI=1S/C13H9BrN2O4/c14-9-5-8(13(18)12(6-9)16(19)20)7-15-10-1-3-11(17)4-2-10/h1-7,17-18H/b15-7+. The summed E-state index contributed by atoms with van der Waals surface area (Å²) in [6.45, 7) is 0. The smallest absolute Gasteiger partial charge is 0.312 e. The molecule has 2 aromatic rings. The Balaban J connectivity index is 2.38. The number of hydrogen-bond acceptors (Lipinski definition) is 5. The van der Waals surface area contributed by atoms with Crippen LogP contribution in [0.4, 0.5) is 11.4 Å². The Bertz CT molecular complexity index is 684. The van der Waals surface area contributed by atoms with E-state index in [1.54, 1.807) is 12.1 Å². The first-order valence-corrected chi connectivity index (χ1v) is 6.26. The summed E-state index contributed by atoms with van der Waals surface area (Å²) in [7, 11) is 0. The number of phenolic OH excluding ortho intramolecular Hbond substituents is 2. The maximum atomic E-state index is 10.8. The molecule has 20 heavy (non-hydrogen) atoms. The van der Waals surface area contributed by atoms with Gasteiger partial charge in [0, 0.05) is 22.3 Å². The van der Waals surface area contributed by atoms with Crippen molar-refractivity contribution in [2.24, 2.45) is 4.99 Å². The zero-order valence-electron chi connectivity index (χ0n) is 10.0. The summed E-state index contributed by atoms with van der Waals surface area (Å²) in [5.74, 6) is -0.328. The summed E-state index contributed by atoms with van der Waals surface area (Å²) >= 11 is 3.14. The minimum atomic E-state index is -0.669. The predicted molar refractivity (Wildman–Crippen MR) is 77.8 cm³/mol. The van der Waals surface area contributed by atoms with Crippen LogP contribution in [0.25, 0.3) is 0 Å². The monoisotopic (exact) mass is 336 g/mol. The summed E-state index contributed by atoms with van der Waals surface area (Å²) in [5.41, 5.74) is 0.371. The molecule has 2 aromatic carbocycles. The van der Waals surface area contributed by atoms with Crippen LogP contribution < -0.4 is 0 Å². The third kappa shape index (κ3) is 3.12. The lowest BCUT2D eigenvalue weighted by Gasteiger charge is -2.01. The average Bonchev–Trinajstić information content (AvgIpc) is 2.41. The van der Waals surface area contributed by atoms with E-state index < -0.39 is 16.4 Å². The maximum absolute atomic E-state index is 10.8. The largest absolute Gasteiger partial charge is 0.508 e. The Morgan fingerprint density at radius 3 is 2.45 bits per heavy atom. The molecular weight excluding hydrogens is 328 g/mol. The fourth-order valence-corrected chi connectivity index (χ4v) is 1.99. The Kier molecular flexibility index (Phi) is 3.99. The molecule has 2 rings (SSSR count).